The smallest absolute Gasteiger partial charge is 0.228 e. The minimum absolute atomic E-state index is 0.0871. The van der Waals surface area contributed by atoms with E-state index >= 15 is 0 Å². The van der Waals surface area contributed by atoms with Crippen LogP contribution < -0.4 is 4.90 Å². The number of aryl methyl sites for hydroxylation is 1. The van der Waals surface area contributed by atoms with E-state index in [-0.39, 0.29) is 24.1 Å². The fourth-order valence-corrected chi connectivity index (χ4v) is 2.89. The van der Waals surface area contributed by atoms with Crippen molar-refractivity contribution in [3.63, 3.8) is 0 Å². The molecule has 0 spiro atoms. The van der Waals surface area contributed by atoms with Crippen LogP contribution in [0.25, 0.3) is 0 Å². The highest BCUT2D eigenvalue weighted by molar-refractivity contribution is 6.00. The molecular formula is C17H19FN4O2. The second kappa shape index (κ2) is 6.43. The molecule has 1 aliphatic rings. The highest BCUT2D eigenvalue weighted by atomic mass is 19.1. The van der Waals surface area contributed by atoms with E-state index in [1.54, 1.807) is 30.3 Å². The third-order valence-electron chi connectivity index (χ3n) is 4.29. The predicted molar refractivity (Wildman–Crippen MR) is 86.5 cm³/mol. The second-order valence-corrected chi connectivity index (χ2v) is 6.03. The monoisotopic (exact) mass is 330 g/mol. The molecule has 6 nitrogen and oxygen atoms in total. The number of rotatable bonds is 4. The van der Waals surface area contributed by atoms with E-state index in [0.717, 1.165) is 5.82 Å². The maximum Gasteiger partial charge on any atom is 0.228 e. The summed E-state index contributed by atoms with van der Waals surface area (Å²) in [4.78, 5) is 32.2. The molecule has 0 unspecified atom stereocenters. The Morgan fingerprint density at radius 1 is 1.38 bits per heavy atom. The van der Waals surface area contributed by atoms with Crippen LogP contribution in [-0.4, -0.2) is 39.9 Å². The first-order chi connectivity index (χ1) is 11.5. The molecule has 2 heterocycles. The molecule has 0 bridgehead atoms. The number of carbonyl (C=O) groups is 2. The van der Waals surface area contributed by atoms with Gasteiger partial charge < -0.3 is 14.4 Å². The van der Waals surface area contributed by atoms with Crippen LogP contribution in [0.2, 0.25) is 0 Å². The number of amides is 2. The topological polar surface area (TPSA) is 58.4 Å². The standard InChI is InChI=1S/C17H19FN4O2/c1-20-8-7-19-15(20)11-21(2)17(24)12-9-16(23)22(10-12)14-5-3-13(18)4-6-14/h3-8,12H,9-11H2,1-2H3/t12-/m1/s1. The number of imidazole rings is 1. The quantitative estimate of drug-likeness (QED) is 0.855. The number of benzene rings is 1. The molecule has 24 heavy (non-hydrogen) atoms. The van der Waals surface area contributed by atoms with E-state index in [2.05, 4.69) is 4.98 Å². The molecule has 0 N–H and O–H groups in total. The van der Waals surface area contributed by atoms with Crippen molar-refractivity contribution in [1.82, 2.24) is 14.5 Å². The molecule has 1 aromatic carbocycles. The molecule has 1 aliphatic heterocycles. The molecule has 7 heteroatoms. The highest BCUT2D eigenvalue weighted by Gasteiger charge is 2.36. The number of aromatic nitrogens is 2. The van der Waals surface area contributed by atoms with Gasteiger partial charge in [0.2, 0.25) is 11.8 Å². The Hall–Kier alpha value is -2.70. The van der Waals surface area contributed by atoms with Crippen LogP contribution in [0.4, 0.5) is 10.1 Å². The molecule has 2 aromatic rings. The molecule has 0 radical (unpaired) electrons. The molecular weight excluding hydrogens is 311 g/mol. The van der Waals surface area contributed by atoms with E-state index in [9.17, 15) is 14.0 Å². The molecule has 2 amide bonds. The van der Waals surface area contributed by atoms with Gasteiger partial charge in [-0.2, -0.15) is 0 Å². The van der Waals surface area contributed by atoms with Crippen molar-refractivity contribution in [3.8, 4) is 0 Å². The van der Waals surface area contributed by atoms with Crippen molar-refractivity contribution in [1.29, 1.82) is 0 Å². The maximum atomic E-state index is 13.0. The Morgan fingerprint density at radius 2 is 2.08 bits per heavy atom. The summed E-state index contributed by atoms with van der Waals surface area (Å²) in [5.41, 5.74) is 0.614. The van der Waals surface area contributed by atoms with E-state index < -0.39 is 5.92 Å². The van der Waals surface area contributed by atoms with Crippen LogP contribution in [0.15, 0.2) is 36.7 Å². The summed E-state index contributed by atoms with van der Waals surface area (Å²) < 4.78 is 14.9. The van der Waals surface area contributed by atoms with Crippen molar-refractivity contribution < 1.29 is 14.0 Å². The van der Waals surface area contributed by atoms with Crippen LogP contribution in [0.3, 0.4) is 0 Å². The summed E-state index contributed by atoms with van der Waals surface area (Å²) in [7, 11) is 3.58. The zero-order valence-corrected chi connectivity index (χ0v) is 13.6. The zero-order valence-electron chi connectivity index (χ0n) is 13.6. The number of anilines is 1. The molecule has 3 rings (SSSR count). The fraction of sp³-hybridized carbons (Fsp3) is 0.353. The number of halogens is 1. The summed E-state index contributed by atoms with van der Waals surface area (Å²) in [6.45, 7) is 0.706. The van der Waals surface area contributed by atoms with Gasteiger partial charge in [0.05, 0.1) is 12.5 Å². The van der Waals surface area contributed by atoms with Gasteiger partial charge in [-0.05, 0) is 24.3 Å². The Morgan fingerprint density at radius 3 is 2.71 bits per heavy atom. The third kappa shape index (κ3) is 3.15. The van der Waals surface area contributed by atoms with E-state index in [1.807, 2.05) is 17.8 Å². The SMILES string of the molecule is CN(Cc1nccn1C)C(=O)[C@@H]1CC(=O)N(c2ccc(F)cc2)C1. The summed E-state index contributed by atoms with van der Waals surface area (Å²) >= 11 is 0. The number of hydrogen-bond donors (Lipinski definition) is 0. The lowest BCUT2D eigenvalue weighted by molar-refractivity contribution is -0.135. The maximum absolute atomic E-state index is 13.0. The fourth-order valence-electron chi connectivity index (χ4n) is 2.89. The number of carbonyl (C=O) groups excluding carboxylic acids is 2. The van der Waals surface area contributed by atoms with Gasteiger partial charge in [0.1, 0.15) is 11.6 Å². The van der Waals surface area contributed by atoms with Gasteiger partial charge >= 0.3 is 0 Å². The summed E-state index contributed by atoms with van der Waals surface area (Å²) in [6, 6.07) is 5.73. The van der Waals surface area contributed by atoms with Gasteiger partial charge in [-0.1, -0.05) is 0 Å². The Labute approximate surface area is 139 Å². The van der Waals surface area contributed by atoms with Gasteiger partial charge in [0.25, 0.3) is 0 Å². The first kappa shape index (κ1) is 16.2. The van der Waals surface area contributed by atoms with Crippen molar-refractivity contribution in [2.45, 2.75) is 13.0 Å². The minimum Gasteiger partial charge on any atom is -0.338 e. The van der Waals surface area contributed by atoms with E-state index in [1.165, 1.54) is 17.0 Å². The minimum atomic E-state index is -0.396. The molecule has 1 fully saturated rings. The van der Waals surface area contributed by atoms with Crippen molar-refractivity contribution in [2.24, 2.45) is 13.0 Å². The first-order valence-electron chi connectivity index (χ1n) is 7.73. The van der Waals surface area contributed by atoms with Crippen LogP contribution >= 0.6 is 0 Å². The summed E-state index contributed by atoms with van der Waals surface area (Å²) in [5.74, 6) is -0.174. The van der Waals surface area contributed by atoms with Crippen LogP contribution in [0.1, 0.15) is 12.2 Å². The first-order valence-corrected chi connectivity index (χ1v) is 7.73. The van der Waals surface area contributed by atoms with Crippen LogP contribution in [-0.2, 0) is 23.2 Å². The third-order valence-corrected chi connectivity index (χ3v) is 4.29. The van der Waals surface area contributed by atoms with E-state index in [4.69, 9.17) is 0 Å². The highest BCUT2D eigenvalue weighted by Crippen LogP contribution is 2.26. The van der Waals surface area contributed by atoms with Gasteiger partial charge in [0.15, 0.2) is 0 Å². The normalized spacial score (nSPS) is 17.4. The largest absolute Gasteiger partial charge is 0.338 e. The lowest BCUT2D eigenvalue weighted by Gasteiger charge is -2.21. The van der Waals surface area contributed by atoms with Gasteiger partial charge in [-0.15, -0.1) is 0 Å². The molecule has 0 saturated carbocycles. The molecule has 1 aromatic heterocycles. The second-order valence-electron chi connectivity index (χ2n) is 6.03. The average Bonchev–Trinajstić information content (AvgIpc) is 3.14. The molecule has 1 saturated heterocycles. The Bertz CT molecular complexity index is 756. The number of hydrogen-bond acceptors (Lipinski definition) is 3. The predicted octanol–water partition coefficient (Wildman–Crippen LogP) is 1.57. The molecule has 0 aliphatic carbocycles. The van der Waals surface area contributed by atoms with Crippen molar-refractivity contribution in [3.05, 3.63) is 48.3 Å². The Balaban J connectivity index is 1.67. The van der Waals surface area contributed by atoms with Gasteiger partial charge in [-0.3, -0.25) is 9.59 Å². The van der Waals surface area contributed by atoms with Gasteiger partial charge in [-0.25, -0.2) is 9.37 Å². The zero-order chi connectivity index (χ0) is 17.3. The van der Waals surface area contributed by atoms with Gasteiger partial charge in [0, 0.05) is 45.1 Å². The molecule has 126 valence electrons. The van der Waals surface area contributed by atoms with Crippen molar-refractivity contribution >= 4 is 17.5 Å². The molecule has 1 atom stereocenters. The average molecular weight is 330 g/mol. The lowest BCUT2D eigenvalue weighted by Crippen LogP contribution is -2.35. The van der Waals surface area contributed by atoms with Crippen molar-refractivity contribution in [2.75, 3.05) is 18.5 Å². The van der Waals surface area contributed by atoms with Crippen LogP contribution in [0, 0.1) is 11.7 Å². The lowest BCUT2D eigenvalue weighted by atomic mass is 10.1. The van der Waals surface area contributed by atoms with E-state index in [0.29, 0.717) is 18.8 Å². The van der Waals surface area contributed by atoms with Crippen LogP contribution in [0.5, 0.6) is 0 Å². The Kier molecular flexibility index (Phi) is 4.33. The summed E-state index contributed by atoms with van der Waals surface area (Å²) in [5, 5.41) is 0. The number of nitrogens with zero attached hydrogens (tertiary/aromatic N) is 4. The summed E-state index contributed by atoms with van der Waals surface area (Å²) in [6.07, 6.45) is 3.67.